The fourth-order valence-corrected chi connectivity index (χ4v) is 2.07. The van der Waals surface area contributed by atoms with Crippen LogP contribution in [-0.4, -0.2) is 17.4 Å². The first-order chi connectivity index (χ1) is 7.59. The predicted molar refractivity (Wildman–Crippen MR) is 63.5 cm³/mol. The van der Waals surface area contributed by atoms with Crippen molar-refractivity contribution in [3.63, 3.8) is 0 Å². The van der Waals surface area contributed by atoms with Gasteiger partial charge in [0.2, 0.25) is 0 Å². The van der Waals surface area contributed by atoms with Gasteiger partial charge in [-0.15, -0.1) is 0 Å². The first kappa shape index (κ1) is 11.4. The van der Waals surface area contributed by atoms with Crippen LogP contribution in [0.15, 0.2) is 18.3 Å². The van der Waals surface area contributed by atoms with E-state index in [1.54, 1.807) is 18.3 Å². The van der Waals surface area contributed by atoms with Crippen molar-refractivity contribution in [3.8, 4) is 0 Å². The van der Waals surface area contributed by atoms with Crippen LogP contribution in [0.4, 0.5) is 0 Å². The van der Waals surface area contributed by atoms with Gasteiger partial charge < -0.3 is 5.32 Å². The molecule has 0 aliphatic heterocycles. The van der Waals surface area contributed by atoms with Crippen molar-refractivity contribution in [2.45, 2.75) is 26.2 Å². The summed E-state index contributed by atoms with van der Waals surface area (Å²) in [5.41, 5.74) is 0.870. The Hall–Kier alpha value is -1.09. The number of hydrogen-bond acceptors (Lipinski definition) is 2. The topological polar surface area (TPSA) is 42.0 Å². The van der Waals surface area contributed by atoms with Gasteiger partial charge in [-0.2, -0.15) is 0 Å². The van der Waals surface area contributed by atoms with E-state index in [2.05, 4.69) is 17.2 Å². The molecule has 16 heavy (non-hydrogen) atoms. The van der Waals surface area contributed by atoms with Crippen LogP contribution in [0.25, 0.3) is 0 Å². The minimum atomic E-state index is -0.0718. The van der Waals surface area contributed by atoms with Crippen molar-refractivity contribution >= 4 is 17.5 Å². The molecule has 0 atom stereocenters. The van der Waals surface area contributed by atoms with Crippen molar-refractivity contribution in [1.29, 1.82) is 0 Å². The molecule has 2 rings (SSSR count). The Morgan fingerprint density at radius 2 is 2.38 bits per heavy atom. The Labute approximate surface area is 100 Å². The molecule has 4 heteroatoms. The monoisotopic (exact) mass is 238 g/mol. The van der Waals surface area contributed by atoms with Gasteiger partial charge >= 0.3 is 0 Å². The molecule has 1 aromatic heterocycles. The average Bonchev–Trinajstić information content (AvgIpc) is 2.23. The van der Waals surface area contributed by atoms with Gasteiger partial charge in [-0.3, -0.25) is 4.79 Å². The molecule has 1 aromatic rings. The van der Waals surface area contributed by atoms with Crippen LogP contribution in [0.2, 0.25) is 5.15 Å². The maximum atomic E-state index is 11.8. The average molecular weight is 239 g/mol. The molecule has 1 aliphatic rings. The molecule has 0 saturated heterocycles. The molecule has 0 spiro atoms. The number of amides is 1. The molecule has 0 bridgehead atoms. The van der Waals surface area contributed by atoms with Crippen molar-refractivity contribution in [2.24, 2.45) is 5.41 Å². The van der Waals surface area contributed by atoms with Gasteiger partial charge in [-0.1, -0.05) is 24.9 Å². The van der Waals surface area contributed by atoms with Gasteiger partial charge in [0.25, 0.3) is 5.91 Å². The lowest BCUT2D eigenvalue weighted by atomic mass is 9.70. The zero-order valence-electron chi connectivity index (χ0n) is 9.29. The minimum Gasteiger partial charge on any atom is -0.351 e. The number of aromatic nitrogens is 1. The summed E-state index contributed by atoms with van der Waals surface area (Å²) < 4.78 is 0. The summed E-state index contributed by atoms with van der Waals surface area (Å²) >= 11 is 5.73. The molecule has 0 radical (unpaired) electrons. The Morgan fingerprint density at radius 3 is 2.94 bits per heavy atom. The fraction of sp³-hybridized carbons (Fsp3) is 0.500. The molecule has 1 aliphatic carbocycles. The summed E-state index contributed by atoms with van der Waals surface area (Å²) in [7, 11) is 0. The molecule has 1 heterocycles. The largest absolute Gasteiger partial charge is 0.351 e. The normalized spacial score (nSPS) is 17.6. The van der Waals surface area contributed by atoms with E-state index in [0.29, 0.717) is 16.1 Å². The van der Waals surface area contributed by atoms with Gasteiger partial charge in [0, 0.05) is 18.3 Å². The summed E-state index contributed by atoms with van der Waals surface area (Å²) in [4.78, 5) is 15.6. The van der Waals surface area contributed by atoms with Crippen molar-refractivity contribution < 1.29 is 4.79 Å². The fourth-order valence-electron chi connectivity index (χ4n) is 1.90. The van der Waals surface area contributed by atoms with Gasteiger partial charge in [0.15, 0.2) is 0 Å². The maximum absolute atomic E-state index is 11.8. The van der Waals surface area contributed by atoms with E-state index in [9.17, 15) is 4.79 Å². The lowest BCUT2D eigenvalue weighted by Crippen LogP contribution is -2.39. The molecule has 1 fully saturated rings. The Kier molecular flexibility index (Phi) is 3.15. The molecular weight excluding hydrogens is 224 g/mol. The van der Waals surface area contributed by atoms with E-state index in [-0.39, 0.29) is 5.91 Å². The second kappa shape index (κ2) is 4.42. The zero-order valence-corrected chi connectivity index (χ0v) is 10.0. The first-order valence-electron chi connectivity index (χ1n) is 5.49. The second-order valence-corrected chi connectivity index (χ2v) is 5.10. The van der Waals surface area contributed by atoms with E-state index in [1.807, 2.05) is 0 Å². The van der Waals surface area contributed by atoms with Gasteiger partial charge in [0.05, 0.1) is 0 Å². The minimum absolute atomic E-state index is 0.0718. The molecule has 0 unspecified atom stereocenters. The molecule has 86 valence electrons. The predicted octanol–water partition coefficient (Wildman–Crippen LogP) is 2.66. The smallest absolute Gasteiger partial charge is 0.251 e. The van der Waals surface area contributed by atoms with E-state index in [1.165, 1.54) is 19.3 Å². The summed E-state index contributed by atoms with van der Waals surface area (Å²) in [5, 5.41) is 3.29. The van der Waals surface area contributed by atoms with Crippen molar-refractivity contribution in [1.82, 2.24) is 10.3 Å². The third kappa shape index (κ3) is 2.53. The summed E-state index contributed by atoms with van der Waals surface area (Å²) in [5.74, 6) is -0.0718. The molecule has 1 amide bonds. The molecular formula is C12H15ClN2O. The Morgan fingerprint density at radius 1 is 1.62 bits per heavy atom. The van der Waals surface area contributed by atoms with E-state index in [0.717, 1.165) is 6.54 Å². The number of pyridine rings is 1. The third-order valence-corrected chi connectivity index (χ3v) is 3.43. The number of halogens is 1. The van der Waals surface area contributed by atoms with E-state index in [4.69, 9.17) is 11.6 Å². The van der Waals surface area contributed by atoms with Crippen LogP contribution in [0, 0.1) is 5.41 Å². The molecule has 1 N–H and O–H groups in total. The zero-order chi connectivity index (χ0) is 11.6. The highest BCUT2D eigenvalue weighted by molar-refractivity contribution is 6.29. The first-order valence-corrected chi connectivity index (χ1v) is 5.87. The highest BCUT2D eigenvalue weighted by atomic mass is 35.5. The van der Waals surface area contributed by atoms with Crippen molar-refractivity contribution in [3.05, 3.63) is 29.0 Å². The van der Waals surface area contributed by atoms with Gasteiger partial charge in [-0.05, 0) is 30.4 Å². The van der Waals surface area contributed by atoms with E-state index >= 15 is 0 Å². The lowest BCUT2D eigenvalue weighted by molar-refractivity contribution is 0.0890. The number of hydrogen-bond donors (Lipinski definition) is 1. The summed E-state index contributed by atoms with van der Waals surface area (Å²) in [6, 6.07) is 3.25. The van der Waals surface area contributed by atoms with Gasteiger partial charge in [-0.25, -0.2) is 4.98 Å². The Bertz CT molecular complexity index is 402. The number of carbonyl (C=O) groups is 1. The SMILES string of the molecule is CC1(CNC(=O)c2ccnc(Cl)c2)CCC1. The van der Waals surface area contributed by atoms with Crippen LogP contribution in [-0.2, 0) is 0 Å². The second-order valence-electron chi connectivity index (χ2n) is 4.71. The summed E-state index contributed by atoms with van der Waals surface area (Å²) in [6.45, 7) is 2.95. The van der Waals surface area contributed by atoms with Crippen molar-refractivity contribution in [2.75, 3.05) is 6.54 Å². The molecule has 3 nitrogen and oxygen atoms in total. The number of rotatable bonds is 3. The van der Waals surface area contributed by atoms with E-state index < -0.39 is 0 Å². The van der Waals surface area contributed by atoms with Crippen LogP contribution < -0.4 is 5.32 Å². The molecule has 0 aromatic carbocycles. The number of carbonyl (C=O) groups excluding carboxylic acids is 1. The highest BCUT2D eigenvalue weighted by Gasteiger charge is 2.31. The number of nitrogens with one attached hydrogen (secondary N) is 1. The number of nitrogens with zero attached hydrogens (tertiary/aromatic N) is 1. The Balaban J connectivity index is 1.93. The lowest BCUT2D eigenvalue weighted by Gasteiger charge is -2.38. The van der Waals surface area contributed by atoms with Crippen LogP contribution >= 0.6 is 11.6 Å². The van der Waals surface area contributed by atoms with Gasteiger partial charge in [0.1, 0.15) is 5.15 Å². The highest BCUT2D eigenvalue weighted by Crippen LogP contribution is 2.39. The maximum Gasteiger partial charge on any atom is 0.251 e. The summed E-state index contributed by atoms with van der Waals surface area (Å²) in [6.07, 6.45) is 5.21. The standard InChI is InChI=1S/C12H15ClN2O/c1-12(4-2-5-12)8-15-11(16)9-3-6-14-10(13)7-9/h3,6-7H,2,4-5,8H2,1H3,(H,15,16). The third-order valence-electron chi connectivity index (χ3n) is 3.23. The van der Waals surface area contributed by atoms with Crippen LogP contribution in [0.5, 0.6) is 0 Å². The quantitative estimate of drug-likeness (QED) is 0.823. The van der Waals surface area contributed by atoms with Crippen LogP contribution in [0.1, 0.15) is 36.5 Å². The van der Waals surface area contributed by atoms with Crippen LogP contribution in [0.3, 0.4) is 0 Å². The molecule has 1 saturated carbocycles.